The molecule has 0 radical (unpaired) electrons. The van der Waals surface area contributed by atoms with Crippen LogP contribution in [-0.4, -0.2) is 51.9 Å². The van der Waals surface area contributed by atoms with E-state index in [1.165, 1.54) is 5.56 Å². The third-order valence-corrected chi connectivity index (χ3v) is 4.87. The molecule has 1 aliphatic heterocycles. The first-order chi connectivity index (χ1) is 12.0. The number of aromatic nitrogens is 2. The van der Waals surface area contributed by atoms with Crippen molar-refractivity contribution < 1.29 is 4.79 Å². The number of pyridine rings is 1. The highest BCUT2D eigenvalue weighted by molar-refractivity contribution is 5.93. The van der Waals surface area contributed by atoms with Gasteiger partial charge in [0.2, 0.25) is 0 Å². The summed E-state index contributed by atoms with van der Waals surface area (Å²) in [5, 5.41) is 0. The van der Waals surface area contributed by atoms with Gasteiger partial charge in [0.15, 0.2) is 0 Å². The van der Waals surface area contributed by atoms with E-state index >= 15 is 0 Å². The molecule has 1 atom stereocenters. The van der Waals surface area contributed by atoms with Crippen molar-refractivity contribution in [1.29, 1.82) is 0 Å². The van der Waals surface area contributed by atoms with Crippen LogP contribution in [0.1, 0.15) is 42.4 Å². The average Bonchev–Trinajstić information content (AvgIpc) is 3.24. The summed E-state index contributed by atoms with van der Waals surface area (Å²) in [4.78, 5) is 21.3. The Hall–Kier alpha value is -2.14. The molecule has 1 amide bonds. The Bertz CT molecular complexity index is 695. The summed E-state index contributed by atoms with van der Waals surface area (Å²) in [7, 11) is 2.14. The normalized spacial score (nSPS) is 17.6. The summed E-state index contributed by atoms with van der Waals surface area (Å²) in [5.74, 6) is 0.698. The molecule has 0 aromatic carbocycles. The van der Waals surface area contributed by atoms with E-state index < -0.39 is 0 Å². The first-order valence-corrected chi connectivity index (χ1v) is 9.08. The summed E-state index contributed by atoms with van der Waals surface area (Å²) in [5.41, 5.74) is 2.03. The Kier molecular flexibility index (Phi) is 5.53. The third kappa shape index (κ3) is 4.28. The van der Waals surface area contributed by atoms with Crippen LogP contribution in [0.4, 0.5) is 0 Å². The molecular weight excluding hydrogens is 312 g/mol. The maximum absolute atomic E-state index is 12.8. The highest BCUT2D eigenvalue weighted by Gasteiger charge is 2.29. The molecule has 1 fully saturated rings. The summed E-state index contributed by atoms with van der Waals surface area (Å²) >= 11 is 0. The van der Waals surface area contributed by atoms with Gasteiger partial charge in [-0.1, -0.05) is 6.07 Å². The minimum atomic E-state index is 0.163. The van der Waals surface area contributed by atoms with E-state index in [4.69, 9.17) is 0 Å². The highest BCUT2D eigenvalue weighted by atomic mass is 16.2. The van der Waals surface area contributed by atoms with Gasteiger partial charge in [0.25, 0.3) is 5.91 Å². The predicted octanol–water partition coefficient (Wildman–Crippen LogP) is 3.06. The lowest BCUT2D eigenvalue weighted by molar-refractivity contribution is 0.0772. The second-order valence-corrected chi connectivity index (χ2v) is 7.36. The lowest BCUT2D eigenvalue weighted by atomic mass is 10.1. The molecule has 1 saturated heterocycles. The van der Waals surface area contributed by atoms with Crippen LogP contribution in [0.3, 0.4) is 0 Å². The lowest BCUT2D eigenvalue weighted by Gasteiger charge is -2.22. The number of likely N-dealkylation sites (tertiary alicyclic amines) is 1. The summed E-state index contributed by atoms with van der Waals surface area (Å²) in [6.07, 6.45) is 6.79. The fraction of sp³-hybridized carbons (Fsp3) is 0.500. The van der Waals surface area contributed by atoms with Crippen LogP contribution in [0.25, 0.3) is 0 Å². The molecule has 2 aromatic rings. The summed E-state index contributed by atoms with van der Waals surface area (Å²) < 4.78 is 2.06. The molecule has 1 unspecified atom stereocenters. The van der Waals surface area contributed by atoms with Gasteiger partial charge in [0.05, 0.1) is 0 Å². The van der Waals surface area contributed by atoms with Gasteiger partial charge in [-0.15, -0.1) is 0 Å². The van der Waals surface area contributed by atoms with Crippen LogP contribution in [0.15, 0.2) is 42.9 Å². The first-order valence-electron chi connectivity index (χ1n) is 9.08. The van der Waals surface area contributed by atoms with E-state index in [0.29, 0.717) is 12.0 Å². The minimum absolute atomic E-state index is 0.163. The average molecular weight is 340 g/mol. The molecule has 2 aromatic heterocycles. The Morgan fingerprint density at radius 2 is 2.20 bits per heavy atom. The van der Waals surface area contributed by atoms with Crippen LogP contribution < -0.4 is 0 Å². The van der Waals surface area contributed by atoms with E-state index in [9.17, 15) is 4.79 Å². The van der Waals surface area contributed by atoms with E-state index in [0.717, 1.165) is 38.3 Å². The van der Waals surface area contributed by atoms with Crippen molar-refractivity contribution in [2.45, 2.75) is 32.9 Å². The van der Waals surface area contributed by atoms with Gasteiger partial charge in [-0.3, -0.25) is 9.78 Å². The molecule has 0 bridgehead atoms. The Morgan fingerprint density at radius 3 is 2.92 bits per heavy atom. The number of hydrogen-bond acceptors (Lipinski definition) is 3. The molecule has 0 N–H and O–H groups in total. The molecule has 5 nitrogen and oxygen atoms in total. The maximum atomic E-state index is 12.8. The smallest absolute Gasteiger partial charge is 0.270 e. The van der Waals surface area contributed by atoms with Crippen LogP contribution in [0, 0.1) is 5.92 Å². The third-order valence-electron chi connectivity index (χ3n) is 4.87. The zero-order valence-electron chi connectivity index (χ0n) is 15.4. The second kappa shape index (κ2) is 7.83. The van der Waals surface area contributed by atoms with Crippen molar-refractivity contribution in [2.24, 2.45) is 5.92 Å². The zero-order chi connectivity index (χ0) is 17.8. The van der Waals surface area contributed by atoms with Gasteiger partial charge in [0, 0.05) is 50.8 Å². The molecule has 1 aliphatic rings. The number of hydrogen-bond donors (Lipinski definition) is 0. The van der Waals surface area contributed by atoms with Crippen LogP contribution in [0.5, 0.6) is 0 Å². The van der Waals surface area contributed by atoms with Crippen molar-refractivity contribution in [2.75, 3.05) is 26.7 Å². The molecular formula is C20H28N4O. The van der Waals surface area contributed by atoms with Gasteiger partial charge >= 0.3 is 0 Å². The maximum Gasteiger partial charge on any atom is 0.270 e. The first kappa shape index (κ1) is 17.7. The number of rotatable bonds is 6. The van der Waals surface area contributed by atoms with Crippen molar-refractivity contribution in [1.82, 2.24) is 19.4 Å². The summed E-state index contributed by atoms with van der Waals surface area (Å²) in [6, 6.07) is 8.28. The van der Waals surface area contributed by atoms with Crippen LogP contribution in [0.2, 0.25) is 0 Å². The molecule has 0 spiro atoms. The SMILES string of the molecule is CC(C)n1cccc1C(=O)N1CCC(CN(C)Cc2cccnc2)C1. The lowest BCUT2D eigenvalue weighted by Crippen LogP contribution is -2.32. The summed E-state index contributed by atoms with van der Waals surface area (Å²) in [6.45, 7) is 7.82. The molecule has 25 heavy (non-hydrogen) atoms. The standard InChI is InChI=1S/C20H28N4O/c1-16(2)24-10-5-7-19(24)20(25)23-11-8-18(15-23)14-22(3)13-17-6-4-9-21-12-17/h4-7,9-10,12,16,18H,8,11,13-15H2,1-3H3. The van der Waals surface area contributed by atoms with E-state index in [2.05, 4.69) is 41.4 Å². The number of nitrogens with zero attached hydrogens (tertiary/aromatic N) is 4. The van der Waals surface area contributed by atoms with Crippen molar-refractivity contribution in [3.05, 3.63) is 54.1 Å². The van der Waals surface area contributed by atoms with Gasteiger partial charge in [0.1, 0.15) is 5.69 Å². The Balaban J connectivity index is 1.54. The second-order valence-electron chi connectivity index (χ2n) is 7.36. The van der Waals surface area contributed by atoms with Crippen molar-refractivity contribution >= 4 is 5.91 Å². The fourth-order valence-electron chi connectivity index (χ4n) is 3.66. The van der Waals surface area contributed by atoms with Crippen LogP contribution in [-0.2, 0) is 6.54 Å². The predicted molar refractivity (Wildman–Crippen MR) is 99.4 cm³/mol. The number of amides is 1. The number of carbonyl (C=O) groups excluding carboxylic acids is 1. The Morgan fingerprint density at radius 1 is 1.36 bits per heavy atom. The van der Waals surface area contributed by atoms with Crippen molar-refractivity contribution in [3.63, 3.8) is 0 Å². The van der Waals surface area contributed by atoms with E-state index in [1.54, 1.807) is 6.20 Å². The topological polar surface area (TPSA) is 41.4 Å². The quantitative estimate of drug-likeness (QED) is 0.811. The van der Waals surface area contributed by atoms with Gasteiger partial charge in [-0.2, -0.15) is 0 Å². The Labute approximate surface area is 150 Å². The largest absolute Gasteiger partial charge is 0.341 e. The van der Waals surface area contributed by atoms with Crippen molar-refractivity contribution in [3.8, 4) is 0 Å². The molecule has 5 heteroatoms. The van der Waals surface area contributed by atoms with E-state index in [1.807, 2.05) is 35.5 Å². The molecule has 0 saturated carbocycles. The van der Waals surface area contributed by atoms with Gasteiger partial charge in [-0.25, -0.2) is 0 Å². The molecule has 3 heterocycles. The molecule has 134 valence electrons. The van der Waals surface area contributed by atoms with E-state index in [-0.39, 0.29) is 5.91 Å². The van der Waals surface area contributed by atoms with Crippen LogP contribution >= 0.6 is 0 Å². The highest BCUT2D eigenvalue weighted by Crippen LogP contribution is 2.21. The number of carbonyl (C=O) groups is 1. The fourth-order valence-corrected chi connectivity index (χ4v) is 3.66. The van der Waals surface area contributed by atoms with Gasteiger partial charge < -0.3 is 14.4 Å². The van der Waals surface area contributed by atoms with Gasteiger partial charge in [-0.05, 0) is 57.0 Å². The zero-order valence-corrected chi connectivity index (χ0v) is 15.4. The monoisotopic (exact) mass is 340 g/mol. The molecule has 3 rings (SSSR count). The minimum Gasteiger partial charge on any atom is -0.341 e. The molecule has 0 aliphatic carbocycles.